The molecule has 84 valence electrons. The molecule has 0 aliphatic heterocycles. The standard InChI is InChI=1S/C13H16N2O/c1-9(2)12(14)13-15-8-11(16-13)10-6-4-3-5-7-10/h3-9,12H,14H2,1-2H3. The van der Waals surface area contributed by atoms with Crippen molar-refractivity contribution in [3.05, 3.63) is 42.4 Å². The van der Waals surface area contributed by atoms with Crippen molar-refractivity contribution in [3.8, 4) is 11.3 Å². The largest absolute Gasteiger partial charge is 0.439 e. The normalized spacial score (nSPS) is 13.0. The first kappa shape index (κ1) is 10.9. The molecule has 0 aliphatic carbocycles. The number of aromatic nitrogens is 1. The highest BCUT2D eigenvalue weighted by molar-refractivity contribution is 5.55. The second-order valence-corrected chi connectivity index (χ2v) is 4.20. The molecular formula is C13H16N2O. The molecular weight excluding hydrogens is 200 g/mol. The van der Waals surface area contributed by atoms with E-state index >= 15 is 0 Å². The molecule has 1 unspecified atom stereocenters. The lowest BCUT2D eigenvalue weighted by Crippen LogP contribution is -2.16. The van der Waals surface area contributed by atoms with Crippen LogP contribution >= 0.6 is 0 Å². The van der Waals surface area contributed by atoms with Crippen molar-refractivity contribution in [2.75, 3.05) is 0 Å². The third kappa shape index (κ3) is 2.14. The van der Waals surface area contributed by atoms with Crippen molar-refractivity contribution in [1.82, 2.24) is 4.98 Å². The Morgan fingerprint density at radius 3 is 2.50 bits per heavy atom. The molecule has 0 radical (unpaired) electrons. The number of hydrogen-bond donors (Lipinski definition) is 1. The maximum Gasteiger partial charge on any atom is 0.212 e. The Labute approximate surface area is 95.3 Å². The maximum absolute atomic E-state index is 5.97. The van der Waals surface area contributed by atoms with Crippen molar-refractivity contribution < 1.29 is 4.42 Å². The number of oxazole rings is 1. The average molecular weight is 216 g/mol. The first-order valence-electron chi connectivity index (χ1n) is 5.45. The quantitative estimate of drug-likeness (QED) is 0.858. The van der Waals surface area contributed by atoms with Gasteiger partial charge in [0.2, 0.25) is 5.89 Å². The van der Waals surface area contributed by atoms with Crippen LogP contribution in [0, 0.1) is 5.92 Å². The fraction of sp³-hybridized carbons (Fsp3) is 0.308. The summed E-state index contributed by atoms with van der Waals surface area (Å²) in [4.78, 5) is 4.22. The highest BCUT2D eigenvalue weighted by atomic mass is 16.4. The summed E-state index contributed by atoms with van der Waals surface area (Å²) in [6, 6.07) is 9.76. The molecule has 2 N–H and O–H groups in total. The summed E-state index contributed by atoms with van der Waals surface area (Å²) in [6.07, 6.45) is 1.73. The van der Waals surface area contributed by atoms with E-state index < -0.39 is 0 Å². The van der Waals surface area contributed by atoms with Gasteiger partial charge in [-0.25, -0.2) is 4.98 Å². The Hall–Kier alpha value is -1.61. The van der Waals surface area contributed by atoms with E-state index in [1.807, 2.05) is 30.3 Å². The van der Waals surface area contributed by atoms with Crippen molar-refractivity contribution in [3.63, 3.8) is 0 Å². The van der Waals surface area contributed by atoms with E-state index in [0.717, 1.165) is 11.3 Å². The number of rotatable bonds is 3. The molecule has 0 fully saturated rings. The highest BCUT2D eigenvalue weighted by Crippen LogP contribution is 2.24. The highest BCUT2D eigenvalue weighted by Gasteiger charge is 2.16. The SMILES string of the molecule is CC(C)C(N)c1ncc(-c2ccccc2)o1. The van der Waals surface area contributed by atoms with Crippen LogP contribution < -0.4 is 5.73 Å². The third-order valence-corrected chi connectivity index (χ3v) is 2.59. The lowest BCUT2D eigenvalue weighted by Gasteiger charge is -2.10. The zero-order valence-corrected chi connectivity index (χ0v) is 9.55. The van der Waals surface area contributed by atoms with Gasteiger partial charge in [0.25, 0.3) is 0 Å². The first-order valence-corrected chi connectivity index (χ1v) is 5.45. The molecule has 3 nitrogen and oxygen atoms in total. The third-order valence-electron chi connectivity index (χ3n) is 2.59. The van der Waals surface area contributed by atoms with E-state index in [0.29, 0.717) is 11.8 Å². The number of nitrogens with two attached hydrogens (primary N) is 1. The summed E-state index contributed by atoms with van der Waals surface area (Å²) in [7, 11) is 0. The van der Waals surface area contributed by atoms with E-state index in [2.05, 4.69) is 18.8 Å². The molecule has 0 spiro atoms. The molecule has 0 bridgehead atoms. The summed E-state index contributed by atoms with van der Waals surface area (Å²) in [5.74, 6) is 1.70. The summed E-state index contributed by atoms with van der Waals surface area (Å²) < 4.78 is 5.66. The van der Waals surface area contributed by atoms with Crippen LogP contribution in [0.5, 0.6) is 0 Å². The Bertz CT molecular complexity index is 448. The fourth-order valence-electron chi connectivity index (χ4n) is 1.46. The number of benzene rings is 1. The minimum absolute atomic E-state index is 0.141. The smallest absolute Gasteiger partial charge is 0.212 e. The van der Waals surface area contributed by atoms with Crippen molar-refractivity contribution >= 4 is 0 Å². The molecule has 0 amide bonds. The summed E-state index contributed by atoms with van der Waals surface area (Å²) >= 11 is 0. The Morgan fingerprint density at radius 2 is 1.88 bits per heavy atom. The van der Waals surface area contributed by atoms with Gasteiger partial charge in [-0.1, -0.05) is 44.2 Å². The van der Waals surface area contributed by atoms with Gasteiger partial charge >= 0.3 is 0 Å². The lowest BCUT2D eigenvalue weighted by molar-refractivity contribution is 0.394. The van der Waals surface area contributed by atoms with E-state index in [1.54, 1.807) is 6.20 Å². The van der Waals surface area contributed by atoms with Gasteiger partial charge in [0.15, 0.2) is 5.76 Å². The maximum atomic E-state index is 5.97. The van der Waals surface area contributed by atoms with Crippen LogP contribution in [-0.4, -0.2) is 4.98 Å². The van der Waals surface area contributed by atoms with Gasteiger partial charge in [-0.05, 0) is 5.92 Å². The van der Waals surface area contributed by atoms with Crippen LogP contribution in [0.15, 0.2) is 40.9 Å². The van der Waals surface area contributed by atoms with Crippen molar-refractivity contribution in [1.29, 1.82) is 0 Å². The van der Waals surface area contributed by atoms with E-state index in [9.17, 15) is 0 Å². The van der Waals surface area contributed by atoms with Gasteiger partial charge in [0.05, 0.1) is 12.2 Å². The molecule has 1 atom stereocenters. The van der Waals surface area contributed by atoms with Crippen molar-refractivity contribution in [2.45, 2.75) is 19.9 Å². The Balaban J connectivity index is 2.27. The summed E-state index contributed by atoms with van der Waals surface area (Å²) in [5.41, 5.74) is 7.00. The molecule has 16 heavy (non-hydrogen) atoms. The Morgan fingerprint density at radius 1 is 1.19 bits per heavy atom. The predicted octanol–water partition coefficient (Wildman–Crippen LogP) is 3.00. The molecule has 1 aromatic carbocycles. The second kappa shape index (κ2) is 4.49. The van der Waals surface area contributed by atoms with Crippen molar-refractivity contribution in [2.24, 2.45) is 11.7 Å². The Kier molecular flexibility index (Phi) is 3.06. The van der Waals surface area contributed by atoms with Crippen LogP contribution in [0.2, 0.25) is 0 Å². The molecule has 1 aromatic heterocycles. The van der Waals surface area contributed by atoms with E-state index in [-0.39, 0.29) is 6.04 Å². The van der Waals surface area contributed by atoms with E-state index in [1.165, 1.54) is 0 Å². The fourth-order valence-corrected chi connectivity index (χ4v) is 1.46. The minimum Gasteiger partial charge on any atom is -0.439 e. The molecule has 0 saturated carbocycles. The topological polar surface area (TPSA) is 52.0 Å². The van der Waals surface area contributed by atoms with Crippen LogP contribution in [0.25, 0.3) is 11.3 Å². The molecule has 1 heterocycles. The van der Waals surface area contributed by atoms with Gasteiger partial charge in [-0.3, -0.25) is 0 Å². The number of nitrogens with zero attached hydrogens (tertiary/aromatic N) is 1. The van der Waals surface area contributed by atoms with Crippen LogP contribution in [0.3, 0.4) is 0 Å². The second-order valence-electron chi connectivity index (χ2n) is 4.20. The first-order chi connectivity index (χ1) is 7.68. The van der Waals surface area contributed by atoms with Gasteiger partial charge < -0.3 is 10.2 Å². The van der Waals surface area contributed by atoms with Gasteiger partial charge in [-0.15, -0.1) is 0 Å². The van der Waals surface area contributed by atoms with Gasteiger partial charge in [-0.2, -0.15) is 0 Å². The molecule has 0 saturated heterocycles. The predicted molar refractivity (Wildman–Crippen MR) is 63.7 cm³/mol. The zero-order valence-electron chi connectivity index (χ0n) is 9.55. The zero-order chi connectivity index (χ0) is 11.5. The minimum atomic E-state index is -0.141. The molecule has 3 heteroatoms. The molecule has 2 aromatic rings. The molecule has 0 aliphatic rings. The van der Waals surface area contributed by atoms with Crippen LogP contribution in [-0.2, 0) is 0 Å². The number of hydrogen-bond acceptors (Lipinski definition) is 3. The van der Waals surface area contributed by atoms with E-state index in [4.69, 9.17) is 10.2 Å². The van der Waals surface area contributed by atoms with Crippen LogP contribution in [0.4, 0.5) is 0 Å². The van der Waals surface area contributed by atoms with Gasteiger partial charge in [0, 0.05) is 5.56 Å². The summed E-state index contributed by atoms with van der Waals surface area (Å²) in [6.45, 7) is 4.11. The molecule has 2 rings (SSSR count). The van der Waals surface area contributed by atoms with Gasteiger partial charge in [0.1, 0.15) is 0 Å². The lowest BCUT2D eigenvalue weighted by atomic mass is 10.1. The van der Waals surface area contributed by atoms with Crippen LogP contribution in [0.1, 0.15) is 25.8 Å². The summed E-state index contributed by atoms with van der Waals surface area (Å²) in [5, 5.41) is 0. The monoisotopic (exact) mass is 216 g/mol. The average Bonchev–Trinajstić information content (AvgIpc) is 2.78.